The second-order valence-electron chi connectivity index (χ2n) is 8.40. The first-order valence-corrected chi connectivity index (χ1v) is 11.3. The van der Waals surface area contributed by atoms with Crippen molar-refractivity contribution in [1.29, 1.82) is 0 Å². The summed E-state index contributed by atoms with van der Waals surface area (Å²) in [6.45, 7) is 5.15. The van der Waals surface area contributed by atoms with Crippen LogP contribution in [0.25, 0.3) is 0 Å². The van der Waals surface area contributed by atoms with Crippen molar-refractivity contribution in [3.05, 3.63) is 35.6 Å². The van der Waals surface area contributed by atoms with Crippen LogP contribution < -0.4 is 5.32 Å². The normalized spacial score (nSPS) is 24.0. The molecule has 1 aliphatic heterocycles. The van der Waals surface area contributed by atoms with Gasteiger partial charge in [0.1, 0.15) is 5.82 Å². The van der Waals surface area contributed by atoms with Gasteiger partial charge in [-0.05, 0) is 44.4 Å². The van der Waals surface area contributed by atoms with Crippen molar-refractivity contribution in [3.8, 4) is 0 Å². The molecule has 1 N–H and O–H groups in total. The third-order valence-corrected chi connectivity index (χ3v) is 8.69. The monoisotopic (exact) mass is 395 g/mol. The highest BCUT2D eigenvalue weighted by atomic mass is 32.2. The molecule has 3 rings (SSSR count). The van der Waals surface area contributed by atoms with Crippen molar-refractivity contribution in [2.75, 3.05) is 32.4 Å². The number of sulfone groups is 1. The van der Waals surface area contributed by atoms with Crippen molar-refractivity contribution < 1.29 is 12.8 Å². The van der Waals surface area contributed by atoms with Crippen molar-refractivity contribution >= 4 is 15.8 Å². The maximum absolute atomic E-state index is 13.4. The second kappa shape index (κ2) is 7.41. The Labute approximate surface area is 162 Å². The van der Waals surface area contributed by atoms with E-state index >= 15 is 0 Å². The van der Waals surface area contributed by atoms with E-state index in [0.29, 0.717) is 13.1 Å². The lowest BCUT2D eigenvalue weighted by Crippen LogP contribution is -2.58. The number of nitrogens with zero attached hydrogens (tertiary/aromatic N) is 2. The van der Waals surface area contributed by atoms with Gasteiger partial charge in [-0.2, -0.15) is 0 Å². The van der Waals surface area contributed by atoms with Crippen LogP contribution in [-0.4, -0.2) is 56.5 Å². The van der Waals surface area contributed by atoms with Gasteiger partial charge in [-0.15, -0.1) is 0 Å². The van der Waals surface area contributed by atoms with Gasteiger partial charge in [-0.1, -0.05) is 25.0 Å². The molecule has 1 saturated heterocycles. The lowest BCUT2D eigenvalue weighted by atomic mass is 9.79. The summed E-state index contributed by atoms with van der Waals surface area (Å²) in [5.41, 5.74) is 1.13. The van der Waals surface area contributed by atoms with Crippen molar-refractivity contribution in [2.45, 2.75) is 49.7 Å². The number of guanidine groups is 1. The van der Waals surface area contributed by atoms with Crippen LogP contribution in [0.15, 0.2) is 29.3 Å². The highest BCUT2D eigenvalue weighted by Gasteiger charge is 2.42. The summed E-state index contributed by atoms with van der Waals surface area (Å²) in [4.78, 5) is 6.44. The number of halogens is 1. The number of hydrogen-bond acceptors (Lipinski definition) is 3. The van der Waals surface area contributed by atoms with Crippen LogP contribution in [0.1, 0.15) is 45.1 Å². The smallest absolute Gasteiger partial charge is 0.193 e. The van der Waals surface area contributed by atoms with Gasteiger partial charge in [0.05, 0.1) is 10.5 Å². The summed E-state index contributed by atoms with van der Waals surface area (Å²) >= 11 is 0. The molecule has 0 amide bonds. The fraction of sp³-hybridized carbons (Fsp3) is 0.650. The fourth-order valence-corrected chi connectivity index (χ4v) is 5.69. The zero-order valence-electron chi connectivity index (χ0n) is 16.5. The minimum atomic E-state index is -3.09. The minimum absolute atomic E-state index is 0.0268. The molecule has 0 bridgehead atoms. The molecule has 0 radical (unpaired) electrons. The lowest BCUT2D eigenvalue weighted by Gasteiger charge is -2.40. The molecule has 1 aromatic carbocycles. The van der Waals surface area contributed by atoms with E-state index in [1.54, 1.807) is 20.9 Å². The summed E-state index contributed by atoms with van der Waals surface area (Å²) in [5, 5.41) is 3.49. The standard InChI is InChI=1S/C20H30FN3O2S/c1-19(2)15-24(12-13-27(19,25)26)18(22-3)23-14-20(10-4-5-11-20)16-6-8-17(21)9-7-16/h6-9H,4-5,10-15H2,1-3H3,(H,22,23). The van der Waals surface area contributed by atoms with Gasteiger partial charge in [0.25, 0.3) is 0 Å². The van der Waals surface area contributed by atoms with Crippen LogP contribution in [0.3, 0.4) is 0 Å². The quantitative estimate of drug-likeness (QED) is 0.631. The van der Waals surface area contributed by atoms with Crippen LogP contribution in [0, 0.1) is 5.82 Å². The van der Waals surface area contributed by atoms with E-state index < -0.39 is 14.6 Å². The maximum Gasteiger partial charge on any atom is 0.193 e. The van der Waals surface area contributed by atoms with E-state index in [1.807, 2.05) is 17.0 Å². The van der Waals surface area contributed by atoms with E-state index in [-0.39, 0.29) is 17.0 Å². The third-order valence-electron chi connectivity index (χ3n) is 6.16. The number of rotatable bonds is 3. The van der Waals surface area contributed by atoms with Gasteiger partial charge in [0, 0.05) is 32.1 Å². The van der Waals surface area contributed by atoms with Crippen LogP contribution in [0.2, 0.25) is 0 Å². The number of hydrogen-bond donors (Lipinski definition) is 1. The van der Waals surface area contributed by atoms with E-state index in [0.717, 1.165) is 43.8 Å². The Hall–Kier alpha value is -1.63. The van der Waals surface area contributed by atoms with Gasteiger partial charge < -0.3 is 10.2 Å². The molecule has 1 aliphatic carbocycles. The Bertz CT molecular complexity index is 797. The summed E-state index contributed by atoms with van der Waals surface area (Å²) in [5.74, 6) is 0.669. The molecule has 0 aromatic heterocycles. The van der Waals surface area contributed by atoms with Gasteiger partial charge in [0.15, 0.2) is 15.8 Å². The van der Waals surface area contributed by atoms with Crippen LogP contribution >= 0.6 is 0 Å². The van der Waals surface area contributed by atoms with Crippen LogP contribution in [0.4, 0.5) is 4.39 Å². The Balaban J connectivity index is 1.74. The Morgan fingerprint density at radius 1 is 1.22 bits per heavy atom. The third kappa shape index (κ3) is 3.98. The molecule has 1 heterocycles. The molecule has 1 saturated carbocycles. The highest BCUT2D eigenvalue weighted by Crippen LogP contribution is 2.40. The first-order chi connectivity index (χ1) is 12.7. The number of nitrogens with one attached hydrogen (secondary N) is 1. The average Bonchev–Trinajstić information content (AvgIpc) is 3.09. The van der Waals surface area contributed by atoms with Gasteiger partial charge in [-0.3, -0.25) is 4.99 Å². The molecule has 27 heavy (non-hydrogen) atoms. The minimum Gasteiger partial charge on any atom is -0.355 e. The molecule has 2 fully saturated rings. The Kier molecular flexibility index (Phi) is 5.52. The van der Waals surface area contributed by atoms with E-state index in [1.165, 1.54) is 12.1 Å². The lowest BCUT2D eigenvalue weighted by molar-refractivity contribution is 0.344. The topological polar surface area (TPSA) is 61.8 Å². The highest BCUT2D eigenvalue weighted by molar-refractivity contribution is 7.92. The van der Waals surface area contributed by atoms with Gasteiger partial charge in [0.2, 0.25) is 0 Å². The van der Waals surface area contributed by atoms with Crippen LogP contribution in [0.5, 0.6) is 0 Å². The second-order valence-corrected chi connectivity index (χ2v) is 11.1. The predicted molar refractivity (Wildman–Crippen MR) is 107 cm³/mol. The summed E-state index contributed by atoms with van der Waals surface area (Å²) < 4.78 is 37.1. The van der Waals surface area contributed by atoms with Crippen molar-refractivity contribution in [3.63, 3.8) is 0 Å². The Morgan fingerprint density at radius 3 is 2.41 bits per heavy atom. The summed E-state index contributed by atoms with van der Waals surface area (Å²) in [6, 6.07) is 6.84. The van der Waals surface area contributed by atoms with Crippen LogP contribution in [-0.2, 0) is 15.3 Å². The molecule has 2 aliphatic rings. The molecule has 0 spiro atoms. The molecular weight excluding hydrogens is 365 g/mol. The van der Waals surface area contributed by atoms with E-state index in [4.69, 9.17) is 0 Å². The molecule has 0 atom stereocenters. The summed E-state index contributed by atoms with van der Waals surface area (Å²) in [7, 11) is -1.35. The Morgan fingerprint density at radius 2 is 1.85 bits per heavy atom. The van der Waals surface area contributed by atoms with E-state index in [2.05, 4.69) is 10.3 Å². The molecule has 5 nitrogen and oxygen atoms in total. The van der Waals surface area contributed by atoms with E-state index in [9.17, 15) is 12.8 Å². The van der Waals surface area contributed by atoms with Gasteiger partial charge >= 0.3 is 0 Å². The molecule has 150 valence electrons. The maximum atomic E-state index is 13.4. The first-order valence-electron chi connectivity index (χ1n) is 9.63. The fourth-order valence-electron chi connectivity index (χ4n) is 4.33. The molecular formula is C20H30FN3O2S. The first kappa shape index (κ1) is 20.1. The van der Waals surface area contributed by atoms with Crippen molar-refractivity contribution in [2.24, 2.45) is 4.99 Å². The number of aliphatic imine (C=N–C) groups is 1. The summed E-state index contributed by atoms with van der Waals surface area (Å²) in [6.07, 6.45) is 4.43. The molecule has 0 unspecified atom stereocenters. The molecule has 1 aromatic rings. The average molecular weight is 396 g/mol. The van der Waals surface area contributed by atoms with Crippen molar-refractivity contribution in [1.82, 2.24) is 10.2 Å². The van der Waals surface area contributed by atoms with Gasteiger partial charge in [-0.25, -0.2) is 12.8 Å². The molecule has 7 heteroatoms. The zero-order valence-corrected chi connectivity index (χ0v) is 17.3. The number of benzene rings is 1. The zero-order chi connectivity index (χ0) is 19.7. The SMILES string of the molecule is CN=C(NCC1(c2ccc(F)cc2)CCCC1)N1CCS(=O)(=O)C(C)(C)C1. The predicted octanol–water partition coefficient (Wildman–Crippen LogP) is 2.72. The largest absolute Gasteiger partial charge is 0.355 e.